The molecular weight excluding hydrogens is 438 g/mol. The smallest absolute Gasteiger partial charge is 0.147 e. The number of hydrogen-bond acceptors (Lipinski definition) is 2. The highest BCUT2D eigenvalue weighted by Gasteiger charge is 2.26. The van der Waals surface area contributed by atoms with Crippen LogP contribution in [0.1, 0.15) is 119 Å². The fourth-order valence-electron chi connectivity index (χ4n) is 4.48. The minimum absolute atomic E-state index is 0.00301. The van der Waals surface area contributed by atoms with E-state index in [1.807, 2.05) is 27.7 Å². The molecule has 1 atom stereocenters. The Balaban J connectivity index is 0.00000101. The van der Waals surface area contributed by atoms with E-state index in [4.69, 9.17) is 9.97 Å². The summed E-state index contributed by atoms with van der Waals surface area (Å²) in [5, 5.41) is 1.22. The van der Waals surface area contributed by atoms with Gasteiger partial charge < -0.3 is 0 Å². The summed E-state index contributed by atoms with van der Waals surface area (Å²) < 4.78 is 2.37. The monoisotopic (exact) mass is 489 g/mol. The number of imidazole rings is 1. The Morgan fingerprint density at radius 2 is 1.42 bits per heavy atom. The van der Waals surface area contributed by atoms with E-state index < -0.39 is 0 Å². The molecule has 0 bridgehead atoms. The summed E-state index contributed by atoms with van der Waals surface area (Å²) in [6.07, 6.45) is 2.33. The van der Waals surface area contributed by atoms with Gasteiger partial charge in [-0.2, -0.15) is 0 Å². The summed E-state index contributed by atoms with van der Waals surface area (Å²) in [5.41, 5.74) is 8.12. The summed E-state index contributed by atoms with van der Waals surface area (Å²) in [4.78, 5) is 10.3. The highest BCUT2D eigenvalue weighted by atomic mass is 15.0. The first kappa shape index (κ1) is 31.4. The quantitative estimate of drug-likeness (QED) is 0.268. The van der Waals surface area contributed by atoms with E-state index in [0.717, 1.165) is 28.8 Å². The summed E-state index contributed by atoms with van der Waals surface area (Å²) >= 11 is 0. The summed E-state index contributed by atoms with van der Waals surface area (Å²) in [6, 6.07) is 13.1. The summed E-state index contributed by atoms with van der Waals surface area (Å²) in [6.45, 7) is 32.2. The molecule has 3 aromatic heterocycles. The van der Waals surface area contributed by atoms with E-state index in [-0.39, 0.29) is 10.8 Å². The first-order chi connectivity index (χ1) is 17.0. The first-order valence-electron chi connectivity index (χ1n) is 13.8. The van der Waals surface area contributed by atoms with E-state index in [1.165, 1.54) is 28.6 Å². The van der Waals surface area contributed by atoms with Crippen molar-refractivity contribution in [2.45, 2.75) is 113 Å². The second-order valence-corrected chi connectivity index (χ2v) is 10.8. The van der Waals surface area contributed by atoms with Crippen LogP contribution in [0.3, 0.4) is 0 Å². The van der Waals surface area contributed by atoms with Gasteiger partial charge in [0.2, 0.25) is 0 Å². The fourth-order valence-corrected chi connectivity index (χ4v) is 4.48. The van der Waals surface area contributed by atoms with Crippen LogP contribution < -0.4 is 0 Å². The number of para-hydroxylation sites is 2. The molecule has 0 aliphatic heterocycles. The van der Waals surface area contributed by atoms with Crippen molar-refractivity contribution in [2.75, 3.05) is 0 Å². The predicted molar refractivity (Wildman–Crippen MR) is 163 cm³/mol. The number of fused-ring (bicyclic) bond motifs is 5. The molecule has 198 valence electrons. The number of benzene rings is 1. The van der Waals surface area contributed by atoms with Crippen molar-refractivity contribution in [1.29, 1.82) is 0 Å². The molecule has 3 heteroatoms. The molecule has 0 amide bonds. The lowest BCUT2D eigenvalue weighted by Gasteiger charge is -2.26. The van der Waals surface area contributed by atoms with Crippen LogP contribution in [0.15, 0.2) is 49.6 Å². The molecule has 1 aromatic carbocycles. The van der Waals surface area contributed by atoms with Gasteiger partial charge in [0.25, 0.3) is 0 Å². The highest BCUT2D eigenvalue weighted by molar-refractivity contribution is 5.99. The third-order valence-electron chi connectivity index (χ3n) is 6.17. The lowest BCUT2D eigenvalue weighted by Crippen LogP contribution is -2.18. The molecule has 0 fully saturated rings. The maximum Gasteiger partial charge on any atom is 0.147 e. The van der Waals surface area contributed by atoms with Crippen LogP contribution in [0.5, 0.6) is 0 Å². The van der Waals surface area contributed by atoms with Gasteiger partial charge in [-0.3, -0.25) is 9.38 Å². The van der Waals surface area contributed by atoms with Crippen molar-refractivity contribution in [3.63, 3.8) is 0 Å². The SMILES string of the molecule is C=C.CC.CC.CCCC(C)c1cc(C(C)(C)C)nc2cc(C(C)(C)C)n3c4ccccc4nc3c12. The third-order valence-corrected chi connectivity index (χ3v) is 6.17. The lowest BCUT2D eigenvalue weighted by atomic mass is 9.85. The van der Waals surface area contributed by atoms with Crippen LogP contribution in [0.2, 0.25) is 0 Å². The van der Waals surface area contributed by atoms with Gasteiger partial charge in [0.15, 0.2) is 0 Å². The minimum atomic E-state index is -0.0233. The van der Waals surface area contributed by atoms with E-state index >= 15 is 0 Å². The molecule has 1 unspecified atom stereocenters. The zero-order valence-corrected chi connectivity index (χ0v) is 25.2. The Morgan fingerprint density at radius 3 is 1.94 bits per heavy atom. The zero-order chi connectivity index (χ0) is 27.8. The van der Waals surface area contributed by atoms with Crippen molar-refractivity contribution in [3.05, 3.63) is 66.5 Å². The van der Waals surface area contributed by atoms with Crippen molar-refractivity contribution < 1.29 is 0 Å². The topological polar surface area (TPSA) is 30.2 Å². The molecule has 0 N–H and O–H groups in total. The van der Waals surface area contributed by atoms with Crippen LogP contribution in [0.25, 0.3) is 27.6 Å². The molecule has 4 aromatic rings. The Hall–Kier alpha value is -2.68. The minimum Gasteiger partial charge on any atom is -0.295 e. The number of rotatable bonds is 3. The normalized spacial score (nSPS) is 12.2. The Bertz CT molecular complexity index is 1250. The zero-order valence-electron chi connectivity index (χ0n) is 25.2. The average Bonchev–Trinajstić information content (AvgIpc) is 3.25. The molecular formula is C33H51N3. The van der Waals surface area contributed by atoms with Gasteiger partial charge in [-0.1, -0.05) is 102 Å². The number of pyridine rings is 2. The van der Waals surface area contributed by atoms with Gasteiger partial charge in [-0.05, 0) is 42.2 Å². The molecule has 0 radical (unpaired) electrons. The van der Waals surface area contributed by atoms with Gasteiger partial charge in [-0.25, -0.2) is 4.98 Å². The molecule has 3 nitrogen and oxygen atoms in total. The van der Waals surface area contributed by atoms with Gasteiger partial charge in [0, 0.05) is 27.6 Å². The van der Waals surface area contributed by atoms with Crippen LogP contribution in [0.4, 0.5) is 0 Å². The molecule has 3 heterocycles. The molecule has 0 aliphatic carbocycles. The maximum atomic E-state index is 5.19. The van der Waals surface area contributed by atoms with Gasteiger partial charge in [0.05, 0.1) is 16.6 Å². The second kappa shape index (κ2) is 13.0. The van der Waals surface area contributed by atoms with E-state index in [1.54, 1.807) is 0 Å². The average molecular weight is 490 g/mol. The van der Waals surface area contributed by atoms with Crippen molar-refractivity contribution in [3.8, 4) is 0 Å². The maximum absolute atomic E-state index is 5.19. The fraction of sp³-hybridized carbons (Fsp3) is 0.515. The van der Waals surface area contributed by atoms with E-state index in [9.17, 15) is 0 Å². The summed E-state index contributed by atoms with van der Waals surface area (Å²) in [5.74, 6) is 0.464. The highest BCUT2D eigenvalue weighted by Crippen LogP contribution is 2.38. The molecule has 0 aliphatic rings. The largest absolute Gasteiger partial charge is 0.295 e. The van der Waals surface area contributed by atoms with E-state index in [0.29, 0.717) is 5.92 Å². The first-order valence-corrected chi connectivity index (χ1v) is 13.8. The van der Waals surface area contributed by atoms with Crippen molar-refractivity contribution in [1.82, 2.24) is 14.4 Å². The van der Waals surface area contributed by atoms with Crippen LogP contribution in [-0.4, -0.2) is 14.4 Å². The molecule has 0 saturated carbocycles. The molecule has 4 rings (SSSR count). The number of nitrogens with zero attached hydrogens (tertiary/aromatic N) is 3. The van der Waals surface area contributed by atoms with Crippen molar-refractivity contribution in [2.24, 2.45) is 0 Å². The lowest BCUT2D eigenvalue weighted by molar-refractivity contribution is 0.561. The Labute approximate surface area is 221 Å². The van der Waals surface area contributed by atoms with Gasteiger partial charge in [0.1, 0.15) is 5.65 Å². The van der Waals surface area contributed by atoms with E-state index in [2.05, 4.69) is 109 Å². The molecule has 0 saturated heterocycles. The second-order valence-electron chi connectivity index (χ2n) is 10.8. The van der Waals surface area contributed by atoms with Crippen LogP contribution in [0, 0.1) is 0 Å². The Morgan fingerprint density at radius 1 is 0.833 bits per heavy atom. The standard InChI is InChI=1S/C27H35N3.2C2H6.C2H4/c1-9-12-17(2)18-15-22(26(3,4)5)28-20-16-23(27(6,7)8)30-21-14-11-10-13-19(21)29-25(30)24(18)20;3*1-2/h10-11,13-17H,9,12H2,1-8H3;2*1-2H3;1-2H2. The van der Waals surface area contributed by atoms with Gasteiger partial charge >= 0.3 is 0 Å². The van der Waals surface area contributed by atoms with Crippen LogP contribution >= 0.6 is 0 Å². The third kappa shape index (κ3) is 6.35. The summed E-state index contributed by atoms with van der Waals surface area (Å²) in [7, 11) is 0. The van der Waals surface area contributed by atoms with Crippen molar-refractivity contribution >= 4 is 27.6 Å². The number of hydrogen-bond donors (Lipinski definition) is 0. The van der Waals surface area contributed by atoms with Gasteiger partial charge in [-0.15, -0.1) is 13.2 Å². The van der Waals surface area contributed by atoms with Crippen LogP contribution in [-0.2, 0) is 10.8 Å². The predicted octanol–water partition coefficient (Wildman–Crippen LogP) is 10.4. The molecule has 36 heavy (non-hydrogen) atoms. The number of aromatic nitrogens is 3. The molecule has 0 spiro atoms. The Kier molecular flexibility index (Phi) is 11.4.